The smallest absolute Gasteiger partial charge is 0.222 e. The maximum absolute atomic E-state index is 11.2. The van der Waals surface area contributed by atoms with Crippen LogP contribution in [0.4, 0.5) is 5.69 Å². The molecule has 1 fully saturated rings. The molecule has 0 bridgehead atoms. The number of anilines is 1. The Morgan fingerprint density at radius 3 is 2.94 bits per heavy atom. The van der Waals surface area contributed by atoms with Crippen molar-refractivity contribution in [1.29, 1.82) is 0 Å². The van der Waals surface area contributed by atoms with Crippen LogP contribution in [0, 0.1) is 12.8 Å². The van der Waals surface area contributed by atoms with Crippen molar-refractivity contribution in [3.63, 3.8) is 0 Å². The van der Waals surface area contributed by atoms with Crippen LogP contribution in [0.1, 0.15) is 18.4 Å². The fourth-order valence-corrected chi connectivity index (χ4v) is 2.40. The van der Waals surface area contributed by atoms with Crippen LogP contribution in [0.2, 0.25) is 5.02 Å². The highest BCUT2D eigenvalue weighted by atomic mass is 35.5. The molecule has 2 rings (SSSR count). The molecule has 1 atom stereocenters. The van der Waals surface area contributed by atoms with Gasteiger partial charge in [0.15, 0.2) is 0 Å². The van der Waals surface area contributed by atoms with E-state index in [2.05, 4.69) is 4.90 Å². The molecule has 0 aromatic heterocycles. The number of carbonyl (C=O) groups excluding carboxylic acids is 1. The molecule has 1 aromatic carbocycles. The van der Waals surface area contributed by atoms with Crippen LogP contribution in [0.5, 0.6) is 0 Å². The molecule has 0 aliphatic carbocycles. The van der Waals surface area contributed by atoms with Gasteiger partial charge in [-0.1, -0.05) is 17.7 Å². The highest BCUT2D eigenvalue weighted by Crippen LogP contribution is 2.27. The van der Waals surface area contributed by atoms with Gasteiger partial charge in [-0.05, 0) is 37.5 Å². The van der Waals surface area contributed by atoms with E-state index in [1.54, 1.807) is 0 Å². The van der Waals surface area contributed by atoms with E-state index in [-0.39, 0.29) is 11.8 Å². The van der Waals surface area contributed by atoms with Crippen molar-refractivity contribution in [2.75, 3.05) is 18.0 Å². The molecule has 1 unspecified atom stereocenters. The van der Waals surface area contributed by atoms with Crippen molar-refractivity contribution >= 4 is 23.2 Å². The number of piperidine rings is 1. The monoisotopic (exact) mass is 252 g/mol. The van der Waals surface area contributed by atoms with Gasteiger partial charge in [0.05, 0.1) is 5.92 Å². The highest BCUT2D eigenvalue weighted by molar-refractivity contribution is 6.31. The Morgan fingerprint density at radius 2 is 2.29 bits per heavy atom. The van der Waals surface area contributed by atoms with Crippen LogP contribution in [-0.4, -0.2) is 19.0 Å². The average Bonchev–Trinajstić information content (AvgIpc) is 2.33. The first-order valence-corrected chi connectivity index (χ1v) is 6.26. The minimum Gasteiger partial charge on any atom is -0.371 e. The van der Waals surface area contributed by atoms with E-state index >= 15 is 0 Å². The molecular formula is C13H17ClN2O. The summed E-state index contributed by atoms with van der Waals surface area (Å²) in [5.41, 5.74) is 7.51. The van der Waals surface area contributed by atoms with E-state index in [4.69, 9.17) is 17.3 Å². The van der Waals surface area contributed by atoms with Crippen molar-refractivity contribution in [3.05, 3.63) is 28.8 Å². The number of carbonyl (C=O) groups is 1. The van der Waals surface area contributed by atoms with Gasteiger partial charge in [-0.3, -0.25) is 4.79 Å². The van der Waals surface area contributed by atoms with E-state index in [9.17, 15) is 4.79 Å². The minimum atomic E-state index is -0.201. The molecule has 1 heterocycles. The van der Waals surface area contributed by atoms with Crippen LogP contribution in [0.15, 0.2) is 18.2 Å². The van der Waals surface area contributed by atoms with Gasteiger partial charge in [-0.25, -0.2) is 0 Å². The van der Waals surface area contributed by atoms with Crippen molar-refractivity contribution in [1.82, 2.24) is 0 Å². The molecule has 0 spiro atoms. The number of amides is 1. The molecule has 0 radical (unpaired) electrons. The molecule has 1 aromatic rings. The Bertz CT molecular complexity index is 433. The summed E-state index contributed by atoms with van der Waals surface area (Å²) in [6, 6.07) is 6.01. The van der Waals surface area contributed by atoms with Crippen molar-refractivity contribution in [3.8, 4) is 0 Å². The molecule has 0 saturated carbocycles. The number of primary amides is 1. The summed E-state index contributed by atoms with van der Waals surface area (Å²) < 4.78 is 0. The van der Waals surface area contributed by atoms with Crippen molar-refractivity contribution < 1.29 is 4.79 Å². The topological polar surface area (TPSA) is 46.3 Å². The summed E-state index contributed by atoms with van der Waals surface area (Å²) in [4.78, 5) is 13.4. The number of aryl methyl sites for hydroxylation is 1. The molecule has 1 saturated heterocycles. The summed E-state index contributed by atoms with van der Waals surface area (Å²) in [6.45, 7) is 3.65. The predicted molar refractivity (Wildman–Crippen MR) is 70.3 cm³/mol. The fraction of sp³-hybridized carbons (Fsp3) is 0.462. The molecule has 1 amide bonds. The van der Waals surface area contributed by atoms with Gasteiger partial charge in [-0.2, -0.15) is 0 Å². The van der Waals surface area contributed by atoms with Gasteiger partial charge in [-0.15, -0.1) is 0 Å². The van der Waals surface area contributed by atoms with E-state index in [1.807, 2.05) is 25.1 Å². The van der Waals surface area contributed by atoms with Gasteiger partial charge < -0.3 is 10.6 Å². The van der Waals surface area contributed by atoms with E-state index < -0.39 is 0 Å². The van der Waals surface area contributed by atoms with Crippen LogP contribution in [-0.2, 0) is 4.79 Å². The summed E-state index contributed by atoms with van der Waals surface area (Å²) in [7, 11) is 0. The van der Waals surface area contributed by atoms with E-state index in [0.717, 1.165) is 35.7 Å². The third kappa shape index (κ3) is 2.72. The largest absolute Gasteiger partial charge is 0.371 e. The first-order chi connectivity index (χ1) is 8.08. The van der Waals surface area contributed by atoms with Crippen LogP contribution in [0.3, 0.4) is 0 Å². The minimum absolute atomic E-state index is 0.0381. The van der Waals surface area contributed by atoms with E-state index in [0.29, 0.717) is 6.54 Å². The Hall–Kier alpha value is -1.22. The Morgan fingerprint density at radius 1 is 1.53 bits per heavy atom. The van der Waals surface area contributed by atoms with Crippen molar-refractivity contribution in [2.45, 2.75) is 19.8 Å². The van der Waals surface area contributed by atoms with Gasteiger partial charge in [0.2, 0.25) is 5.91 Å². The molecule has 1 aliphatic heterocycles. The molecule has 2 N–H and O–H groups in total. The number of rotatable bonds is 2. The van der Waals surface area contributed by atoms with Crippen LogP contribution < -0.4 is 10.6 Å². The second kappa shape index (κ2) is 4.96. The lowest BCUT2D eigenvalue weighted by molar-refractivity contribution is -0.122. The zero-order valence-corrected chi connectivity index (χ0v) is 10.7. The van der Waals surface area contributed by atoms with Crippen molar-refractivity contribution in [2.24, 2.45) is 11.7 Å². The quantitative estimate of drug-likeness (QED) is 0.878. The van der Waals surface area contributed by atoms with E-state index in [1.165, 1.54) is 0 Å². The number of hydrogen-bond donors (Lipinski definition) is 1. The summed E-state index contributed by atoms with van der Waals surface area (Å²) in [5.74, 6) is -0.239. The lowest BCUT2D eigenvalue weighted by Crippen LogP contribution is -2.41. The highest BCUT2D eigenvalue weighted by Gasteiger charge is 2.24. The fourth-order valence-electron chi connectivity index (χ4n) is 2.22. The third-order valence-electron chi connectivity index (χ3n) is 3.34. The number of nitrogens with two attached hydrogens (primary N) is 1. The molecular weight excluding hydrogens is 236 g/mol. The molecule has 3 nitrogen and oxygen atoms in total. The Labute approximate surface area is 107 Å². The Balaban J connectivity index is 2.16. The van der Waals surface area contributed by atoms with Crippen LogP contribution >= 0.6 is 11.6 Å². The van der Waals surface area contributed by atoms with Crippen LogP contribution in [0.25, 0.3) is 0 Å². The molecule has 92 valence electrons. The zero-order chi connectivity index (χ0) is 12.4. The SMILES string of the molecule is Cc1ccc(N2CCCC(C(N)=O)C2)cc1Cl. The molecule has 4 heteroatoms. The number of nitrogens with zero attached hydrogens (tertiary/aromatic N) is 1. The normalized spacial score (nSPS) is 20.4. The molecule has 1 aliphatic rings. The van der Waals surface area contributed by atoms with Gasteiger partial charge in [0.25, 0.3) is 0 Å². The number of halogens is 1. The standard InChI is InChI=1S/C13H17ClN2O/c1-9-4-5-11(7-12(9)14)16-6-2-3-10(8-16)13(15)17/h4-5,7,10H,2-3,6,8H2,1H3,(H2,15,17). The van der Waals surface area contributed by atoms with Gasteiger partial charge in [0, 0.05) is 23.8 Å². The van der Waals surface area contributed by atoms with Gasteiger partial charge in [0.1, 0.15) is 0 Å². The van der Waals surface area contributed by atoms with Gasteiger partial charge >= 0.3 is 0 Å². The maximum atomic E-state index is 11.2. The lowest BCUT2D eigenvalue weighted by atomic mass is 9.97. The summed E-state index contributed by atoms with van der Waals surface area (Å²) >= 11 is 6.11. The average molecular weight is 253 g/mol. The summed E-state index contributed by atoms with van der Waals surface area (Å²) in [6.07, 6.45) is 1.89. The number of benzene rings is 1. The number of hydrogen-bond acceptors (Lipinski definition) is 2. The zero-order valence-electron chi connectivity index (χ0n) is 9.95. The summed E-state index contributed by atoms with van der Waals surface area (Å²) in [5, 5.41) is 0.767. The second-order valence-electron chi connectivity index (χ2n) is 4.62. The first kappa shape index (κ1) is 12.2. The molecule has 17 heavy (non-hydrogen) atoms. The second-order valence-corrected chi connectivity index (χ2v) is 5.03. The first-order valence-electron chi connectivity index (χ1n) is 5.88. The third-order valence-corrected chi connectivity index (χ3v) is 3.75. The predicted octanol–water partition coefficient (Wildman–Crippen LogP) is 2.35. The maximum Gasteiger partial charge on any atom is 0.222 e. The Kier molecular flexibility index (Phi) is 3.57. The lowest BCUT2D eigenvalue weighted by Gasteiger charge is -2.33.